The second kappa shape index (κ2) is 7.51. The fourth-order valence-corrected chi connectivity index (χ4v) is 5.31. The first-order valence-electron chi connectivity index (χ1n) is 10.8. The monoisotopic (exact) mass is 402 g/mol. The quantitative estimate of drug-likeness (QED) is 0.646. The van der Waals surface area contributed by atoms with Crippen LogP contribution in [0.4, 0.5) is 4.39 Å². The van der Waals surface area contributed by atoms with Crippen molar-refractivity contribution in [1.29, 1.82) is 0 Å². The molecule has 0 bridgehead atoms. The maximum Gasteiger partial charge on any atom is 0.223 e. The summed E-state index contributed by atoms with van der Waals surface area (Å²) < 4.78 is 13.3. The van der Waals surface area contributed by atoms with Crippen molar-refractivity contribution in [3.8, 4) is 0 Å². The van der Waals surface area contributed by atoms with Crippen molar-refractivity contribution in [2.75, 3.05) is 13.1 Å². The number of halogens is 1. The minimum Gasteiger partial charge on any atom is -0.352 e. The van der Waals surface area contributed by atoms with E-state index in [1.807, 2.05) is 6.07 Å². The van der Waals surface area contributed by atoms with Crippen molar-refractivity contribution in [1.82, 2.24) is 10.2 Å². The molecule has 1 aliphatic carbocycles. The normalized spacial score (nSPS) is 19.3. The first-order chi connectivity index (χ1) is 14.5. The first kappa shape index (κ1) is 19.3. The molecule has 3 aromatic rings. The van der Waals surface area contributed by atoms with Crippen LogP contribution in [0.2, 0.25) is 0 Å². The largest absolute Gasteiger partial charge is 0.352 e. The molecule has 1 atom stereocenters. The molecule has 154 valence electrons. The van der Waals surface area contributed by atoms with E-state index in [9.17, 15) is 9.18 Å². The number of benzene rings is 3. The number of carbonyl (C=O) groups is 1. The third kappa shape index (κ3) is 3.50. The van der Waals surface area contributed by atoms with E-state index in [-0.39, 0.29) is 17.6 Å². The Hall–Kier alpha value is -2.72. The van der Waals surface area contributed by atoms with Gasteiger partial charge in [0.15, 0.2) is 0 Å². The van der Waals surface area contributed by atoms with Crippen LogP contribution >= 0.6 is 0 Å². The Morgan fingerprint density at radius 3 is 2.63 bits per heavy atom. The van der Waals surface area contributed by atoms with Crippen molar-refractivity contribution in [3.05, 3.63) is 83.7 Å². The van der Waals surface area contributed by atoms with Crippen molar-refractivity contribution in [2.45, 2.75) is 32.4 Å². The molecule has 1 aliphatic heterocycles. The summed E-state index contributed by atoms with van der Waals surface area (Å²) in [6.07, 6.45) is 1.92. The molecular weight excluding hydrogens is 375 g/mol. The van der Waals surface area contributed by atoms with E-state index in [4.69, 9.17) is 0 Å². The lowest BCUT2D eigenvalue weighted by atomic mass is 9.57. The van der Waals surface area contributed by atoms with Crippen molar-refractivity contribution >= 4 is 16.7 Å². The van der Waals surface area contributed by atoms with Crippen molar-refractivity contribution in [2.24, 2.45) is 11.3 Å². The van der Waals surface area contributed by atoms with E-state index in [0.717, 1.165) is 31.5 Å². The summed E-state index contributed by atoms with van der Waals surface area (Å²) in [5.74, 6) is -0.0711. The molecule has 1 amide bonds. The van der Waals surface area contributed by atoms with Crippen LogP contribution in [0.3, 0.4) is 0 Å². The molecule has 1 heterocycles. The zero-order chi connectivity index (χ0) is 20.7. The van der Waals surface area contributed by atoms with Gasteiger partial charge < -0.3 is 5.32 Å². The number of amides is 1. The number of hydrogen-bond donors (Lipinski definition) is 1. The number of likely N-dealkylation sites (tertiary alicyclic amines) is 1. The Morgan fingerprint density at radius 2 is 1.83 bits per heavy atom. The van der Waals surface area contributed by atoms with E-state index in [1.165, 1.54) is 28.5 Å². The van der Waals surface area contributed by atoms with Gasteiger partial charge in [0.05, 0.1) is 0 Å². The van der Waals surface area contributed by atoms with Crippen LogP contribution in [-0.2, 0) is 11.3 Å². The molecule has 3 aromatic carbocycles. The molecule has 30 heavy (non-hydrogen) atoms. The van der Waals surface area contributed by atoms with Gasteiger partial charge in [-0.25, -0.2) is 4.39 Å². The van der Waals surface area contributed by atoms with E-state index in [1.54, 1.807) is 6.07 Å². The Balaban J connectivity index is 1.14. The lowest BCUT2D eigenvalue weighted by Crippen LogP contribution is -2.64. The average Bonchev–Trinajstić information content (AvgIpc) is 2.69. The molecule has 5 rings (SSSR count). The fourth-order valence-electron chi connectivity index (χ4n) is 5.31. The standard InChI is InChI=1S/C26H27FN2O/c1-18(23-11-5-8-20-7-2-3-10-24(20)23)29-16-26(17-29)13-21(14-26)25(30)28-15-19-6-4-9-22(27)12-19/h2-12,18,21H,13-17H2,1H3,(H,28,30)/t18-/m1/s1. The topological polar surface area (TPSA) is 32.3 Å². The van der Waals surface area contributed by atoms with Crippen LogP contribution in [-0.4, -0.2) is 23.9 Å². The van der Waals surface area contributed by atoms with Gasteiger partial charge >= 0.3 is 0 Å². The van der Waals surface area contributed by atoms with Crippen LogP contribution in [0.15, 0.2) is 66.7 Å². The Labute approximate surface area is 176 Å². The number of hydrogen-bond acceptors (Lipinski definition) is 2. The highest BCUT2D eigenvalue weighted by molar-refractivity contribution is 5.86. The molecule has 1 saturated carbocycles. The molecule has 1 spiro atoms. The van der Waals surface area contributed by atoms with Gasteiger partial charge in [-0.15, -0.1) is 0 Å². The SMILES string of the molecule is C[C@H](c1cccc2ccccc12)N1CC2(CC(C(=O)NCc3cccc(F)c3)C2)C1. The Bertz CT molecular complexity index is 1080. The predicted molar refractivity (Wildman–Crippen MR) is 117 cm³/mol. The molecule has 1 N–H and O–H groups in total. The molecular formula is C26H27FN2O. The summed E-state index contributed by atoms with van der Waals surface area (Å²) in [4.78, 5) is 15.0. The second-order valence-electron chi connectivity index (χ2n) is 9.10. The highest BCUT2D eigenvalue weighted by Crippen LogP contribution is 2.54. The van der Waals surface area contributed by atoms with Crippen LogP contribution in [0.5, 0.6) is 0 Å². The van der Waals surface area contributed by atoms with Crippen LogP contribution < -0.4 is 5.32 Å². The van der Waals surface area contributed by atoms with Gasteiger partial charge in [-0.2, -0.15) is 0 Å². The van der Waals surface area contributed by atoms with Gasteiger partial charge in [-0.3, -0.25) is 9.69 Å². The summed E-state index contributed by atoms with van der Waals surface area (Å²) in [6, 6.07) is 21.9. The lowest BCUT2D eigenvalue weighted by Gasteiger charge is -2.60. The highest BCUT2D eigenvalue weighted by atomic mass is 19.1. The van der Waals surface area contributed by atoms with Crippen LogP contribution in [0, 0.1) is 17.2 Å². The molecule has 0 unspecified atom stereocenters. The van der Waals surface area contributed by atoms with E-state index in [2.05, 4.69) is 59.6 Å². The third-order valence-corrected chi connectivity index (χ3v) is 6.98. The minimum atomic E-state index is -0.265. The van der Waals surface area contributed by atoms with E-state index in [0.29, 0.717) is 18.0 Å². The number of fused-ring (bicyclic) bond motifs is 1. The Kier molecular flexibility index (Phi) is 4.82. The van der Waals surface area contributed by atoms with Crippen molar-refractivity contribution in [3.63, 3.8) is 0 Å². The molecule has 0 radical (unpaired) electrons. The summed E-state index contributed by atoms with van der Waals surface area (Å²) in [5, 5.41) is 5.59. The van der Waals surface area contributed by atoms with Gasteiger partial charge in [0, 0.05) is 31.6 Å². The van der Waals surface area contributed by atoms with Gasteiger partial charge in [0.25, 0.3) is 0 Å². The van der Waals surface area contributed by atoms with Crippen molar-refractivity contribution < 1.29 is 9.18 Å². The van der Waals surface area contributed by atoms with Gasteiger partial charge in [-0.1, -0.05) is 54.6 Å². The van der Waals surface area contributed by atoms with Crippen LogP contribution in [0.25, 0.3) is 10.8 Å². The third-order valence-electron chi connectivity index (χ3n) is 6.98. The van der Waals surface area contributed by atoms with Crippen LogP contribution in [0.1, 0.15) is 36.9 Å². The minimum absolute atomic E-state index is 0.0913. The van der Waals surface area contributed by atoms with E-state index < -0.39 is 0 Å². The maximum atomic E-state index is 13.3. The van der Waals surface area contributed by atoms with Gasteiger partial charge in [0.2, 0.25) is 5.91 Å². The molecule has 4 heteroatoms. The highest BCUT2D eigenvalue weighted by Gasteiger charge is 2.55. The zero-order valence-corrected chi connectivity index (χ0v) is 17.3. The number of nitrogens with zero attached hydrogens (tertiary/aromatic N) is 1. The summed E-state index contributed by atoms with van der Waals surface area (Å²) in [7, 11) is 0. The molecule has 2 fully saturated rings. The Morgan fingerprint density at radius 1 is 1.10 bits per heavy atom. The zero-order valence-electron chi connectivity index (χ0n) is 17.3. The molecule has 1 saturated heterocycles. The first-order valence-corrected chi connectivity index (χ1v) is 10.8. The second-order valence-corrected chi connectivity index (χ2v) is 9.10. The predicted octanol–water partition coefficient (Wildman–Crippen LogP) is 5.07. The summed E-state index contributed by atoms with van der Waals surface area (Å²) in [6.45, 7) is 4.80. The molecule has 2 aliphatic rings. The van der Waals surface area contributed by atoms with E-state index >= 15 is 0 Å². The van der Waals surface area contributed by atoms with Gasteiger partial charge in [0.1, 0.15) is 5.82 Å². The summed E-state index contributed by atoms with van der Waals surface area (Å²) in [5.41, 5.74) is 2.49. The number of nitrogens with one attached hydrogen (secondary N) is 1. The average molecular weight is 403 g/mol. The maximum absolute atomic E-state index is 13.3. The summed E-state index contributed by atoms with van der Waals surface area (Å²) >= 11 is 0. The van der Waals surface area contributed by atoms with Gasteiger partial charge in [-0.05, 0) is 59.2 Å². The molecule has 0 aromatic heterocycles. The number of carbonyl (C=O) groups excluding carboxylic acids is 1. The smallest absolute Gasteiger partial charge is 0.223 e. The molecule has 3 nitrogen and oxygen atoms in total. The fraction of sp³-hybridized carbons (Fsp3) is 0.346. The number of rotatable bonds is 5. The lowest BCUT2D eigenvalue weighted by molar-refractivity contribution is -0.148.